The van der Waals surface area contributed by atoms with Crippen molar-refractivity contribution in [2.75, 3.05) is 5.73 Å². The maximum atomic E-state index is 12.4. The fraction of sp³-hybridized carbons (Fsp3) is 0.0556. The molecule has 2 aromatic carbocycles. The maximum absolute atomic E-state index is 12.4. The predicted molar refractivity (Wildman–Crippen MR) is 101 cm³/mol. The number of aromatic nitrogens is 4. The van der Waals surface area contributed by atoms with Gasteiger partial charge in [-0.3, -0.25) is 4.79 Å². The highest BCUT2D eigenvalue weighted by molar-refractivity contribution is 5.87. The normalized spacial score (nSPS) is 11.3. The first kappa shape index (κ1) is 17.2. The van der Waals surface area contributed by atoms with Crippen molar-refractivity contribution < 1.29 is 14.5 Å². The standard InChI is InChI=1S/C18H15N7O3/c19-17-16(23-28-24-17)18-21-12-6-2-3-7-13(12)25(18)10-15(27)22-20-9-11-5-1-4-8-14(11)26/h1-9,26H,10H2,(H2,19,24)(H,22,27)/b20-9+. The number of phenolic OH excluding ortho intramolecular Hbond substituents is 1. The van der Waals surface area contributed by atoms with Crippen molar-refractivity contribution in [1.82, 2.24) is 25.3 Å². The molecule has 1 amide bonds. The minimum absolute atomic E-state index is 0.0670. The molecule has 10 heteroatoms. The Morgan fingerprint density at radius 3 is 2.79 bits per heavy atom. The van der Waals surface area contributed by atoms with Crippen LogP contribution in [0.5, 0.6) is 5.75 Å². The van der Waals surface area contributed by atoms with Crippen LogP contribution in [-0.2, 0) is 11.3 Å². The molecule has 0 aliphatic rings. The molecule has 0 saturated heterocycles. The molecule has 4 aromatic rings. The van der Waals surface area contributed by atoms with E-state index in [1.807, 2.05) is 24.3 Å². The van der Waals surface area contributed by atoms with E-state index in [2.05, 4.69) is 30.5 Å². The van der Waals surface area contributed by atoms with E-state index in [4.69, 9.17) is 5.73 Å². The number of phenols is 1. The first-order valence-electron chi connectivity index (χ1n) is 8.27. The van der Waals surface area contributed by atoms with E-state index < -0.39 is 5.91 Å². The zero-order valence-corrected chi connectivity index (χ0v) is 14.5. The first-order valence-corrected chi connectivity index (χ1v) is 8.27. The minimum atomic E-state index is -0.397. The number of hydrogen-bond acceptors (Lipinski definition) is 8. The summed E-state index contributed by atoms with van der Waals surface area (Å²) in [4.78, 5) is 16.9. The summed E-state index contributed by atoms with van der Waals surface area (Å²) < 4.78 is 6.30. The topological polar surface area (TPSA) is 144 Å². The maximum Gasteiger partial charge on any atom is 0.260 e. The molecule has 10 nitrogen and oxygen atoms in total. The Balaban J connectivity index is 1.60. The van der Waals surface area contributed by atoms with Gasteiger partial charge in [-0.1, -0.05) is 24.3 Å². The van der Waals surface area contributed by atoms with E-state index in [0.717, 1.165) is 5.52 Å². The zero-order chi connectivity index (χ0) is 19.5. The number of aromatic hydroxyl groups is 1. The molecule has 0 atom stereocenters. The van der Waals surface area contributed by atoms with Crippen molar-refractivity contribution in [3.05, 3.63) is 54.1 Å². The van der Waals surface area contributed by atoms with Crippen molar-refractivity contribution in [3.8, 4) is 17.3 Å². The number of hydrazone groups is 1. The predicted octanol–water partition coefficient (Wildman–Crippen LogP) is 1.52. The summed E-state index contributed by atoms with van der Waals surface area (Å²) in [5.74, 6) is 0.109. The van der Waals surface area contributed by atoms with Crippen molar-refractivity contribution in [2.24, 2.45) is 5.10 Å². The summed E-state index contributed by atoms with van der Waals surface area (Å²) in [6.45, 7) is -0.0831. The van der Waals surface area contributed by atoms with Gasteiger partial charge in [-0.15, -0.1) is 0 Å². The summed E-state index contributed by atoms with van der Waals surface area (Å²) in [6.07, 6.45) is 1.36. The quantitative estimate of drug-likeness (QED) is 0.353. The van der Waals surface area contributed by atoms with Crippen LogP contribution in [0, 0.1) is 0 Å². The van der Waals surface area contributed by atoms with E-state index >= 15 is 0 Å². The van der Waals surface area contributed by atoms with Crippen LogP contribution in [-0.4, -0.2) is 37.1 Å². The molecule has 0 saturated carbocycles. The summed E-state index contributed by atoms with van der Waals surface area (Å²) in [7, 11) is 0. The van der Waals surface area contributed by atoms with Gasteiger partial charge in [-0.05, 0) is 34.6 Å². The Hall–Kier alpha value is -4.21. The number of nitrogens with zero attached hydrogens (tertiary/aromatic N) is 5. The lowest BCUT2D eigenvalue weighted by Crippen LogP contribution is -2.23. The Morgan fingerprint density at radius 2 is 2.00 bits per heavy atom. The van der Waals surface area contributed by atoms with Gasteiger partial charge in [0.05, 0.1) is 17.2 Å². The SMILES string of the molecule is Nc1nonc1-c1nc2ccccc2n1CC(=O)N/N=C/c1ccccc1O. The number of amides is 1. The molecule has 2 heterocycles. The molecular weight excluding hydrogens is 362 g/mol. The molecular formula is C18H15N7O3. The largest absolute Gasteiger partial charge is 0.507 e. The van der Waals surface area contributed by atoms with Crippen LogP contribution in [0.4, 0.5) is 5.82 Å². The number of hydrogen-bond donors (Lipinski definition) is 3. The lowest BCUT2D eigenvalue weighted by atomic mass is 10.2. The fourth-order valence-corrected chi connectivity index (χ4v) is 2.72. The van der Waals surface area contributed by atoms with E-state index in [1.54, 1.807) is 22.8 Å². The van der Waals surface area contributed by atoms with Gasteiger partial charge in [0, 0.05) is 5.56 Å². The van der Waals surface area contributed by atoms with Crippen LogP contribution in [0.1, 0.15) is 5.56 Å². The van der Waals surface area contributed by atoms with Crippen LogP contribution in [0.25, 0.3) is 22.6 Å². The number of nitrogen functional groups attached to an aromatic ring is 1. The first-order chi connectivity index (χ1) is 13.6. The molecule has 2 aromatic heterocycles. The number of anilines is 1. The lowest BCUT2D eigenvalue weighted by molar-refractivity contribution is -0.121. The Bertz CT molecular complexity index is 1180. The molecule has 0 fully saturated rings. The Labute approximate surface area is 158 Å². The van der Waals surface area contributed by atoms with Crippen LogP contribution >= 0.6 is 0 Å². The molecule has 4 rings (SSSR count). The third-order valence-corrected chi connectivity index (χ3v) is 4.01. The van der Waals surface area contributed by atoms with Gasteiger partial charge in [-0.2, -0.15) is 5.10 Å². The smallest absolute Gasteiger partial charge is 0.260 e. The number of nitrogens with two attached hydrogens (primary N) is 1. The fourth-order valence-electron chi connectivity index (χ4n) is 2.72. The van der Waals surface area contributed by atoms with E-state index in [-0.39, 0.29) is 23.8 Å². The lowest BCUT2D eigenvalue weighted by Gasteiger charge is -2.06. The van der Waals surface area contributed by atoms with Crippen molar-refractivity contribution in [3.63, 3.8) is 0 Å². The summed E-state index contributed by atoms with van der Waals surface area (Å²) in [5.41, 5.74) is 10.3. The van der Waals surface area contributed by atoms with Gasteiger partial charge in [0.25, 0.3) is 5.91 Å². The van der Waals surface area contributed by atoms with E-state index in [1.165, 1.54) is 12.3 Å². The average Bonchev–Trinajstić information content (AvgIpc) is 3.27. The number of para-hydroxylation sites is 3. The molecule has 28 heavy (non-hydrogen) atoms. The van der Waals surface area contributed by atoms with Gasteiger partial charge < -0.3 is 15.4 Å². The monoisotopic (exact) mass is 377 g/mol. The number of rotatable bonds is 5. The number of fused-ring (bicyclic) bond motifs is 1. The second kappa shape index (κ2) is 7.19. The van der Waals surface area contributed by atoms with Gasteiger partial charge in [0.15, 0.2) is 17.3 Å². The number of benzene rings is 2. The van der Waals surface area contributed by atoms with Crippen molar-refractivity contribution in [2.45, 2.75) is 6.54 Å². The third-order valence-electron chi connectivity index (χ3n) is 4.01. The molecule has 0 bridgehead atoms. The average molecular weight is 377 g/mol. The molecule has 0 aliphatic heterocycles. The Kier molecular flexibility index (Phi) is 4.42. The van der Waals surface area contributed by atoms with Crippen LogP contribution in [0.3, 0.4) is 0 Å². The molecule has 4 N–H and O–H groups in total. The van der Waals surface area contributed by atoms with Crippen LogP contribution in [0.2, 0.25) is 0 Å². The number of carbonyl (C=O) groups excluding carboxylic acids is 1. The van der Waals surface area contributed by atoms with Crippen LogP contribution < -0.4 is 11.2 Å². The summed E-state index contributed by atoms with van der Waals surface area (Å²) in [6, 6.07) is 14.0. The molecule has 140 valence electrons. The van der Waals surface area contributed by atoms with E-state index in [9.17, 15) is 9.90 Å². The minimum Gasteiger partial charge on any atom is -0.507 e. The second-order valence-electron chi connectivity index (χ2n) is 5.86. The van der Waals surface area contributed by atoms with Gasteiger partial charge >= 0.3 is 0 Å². The highest BCUT2D eigenvalue weighted by Gasteiger charge is 2.20. The molecule has 0 aliphatic carbocycles. The van der Waals surface area contributed by atoms with Gasteiger partial charge in [0.2, 0.25) is 0 Å². The number of imidazole rings is 1. The van der Waals surface area contributed by atoms with Gasteiger partial charge in [0.1, 0.15) is 12.3 Å². The molecule has 0 radical (unpaired) electrons. The van der Waals surface area contributed by atoms with Crippen LogP contribution in [0.15, 0.2) is 58.3 Å². The third kappa shape index (κ3) is 3.26. The highest BCUT2D eigenvalue weighted by Crippen LogP contribution is 2.26. The number of carbonyl (C=O) groups is 1. The van der Waals surface area contributed by atoms with Crippen molar-refractivity contribution in [1.29, 1.82) is 0 Å². The van der Waals surface area contributed by atoms with Gasteiger partial charge in [-0.25, -0.2) is 15.0 Å². The Morgan fingerprint density at radius 1 is 1.21 bits per heavy atom. The summed E-state index contributed by atoms with van der Waals surface area (Å²) in [5, 5.41) is 20.9. The zero-order valence-electron chi connectivity index (χ0n) is 14.5. The summed E-state index contributed by atoms with van der Waals surface area (Å²) >= 11 is 0. The second-order valence-corrected chi connectivity index (χ2v) is 5.86. The highest BCUT2D eigenvalue weighted by atomic mass is 16.6. The number of nitrogens with one attached hydrogen (secondary N) is 1. The van der Waals surface area contributed by atoms with Crippen molar-refractivity contribution >= 4 is 29.0 Å². The van der Waals surface area contributed by atoms with E-state index in [0.29, 0.717) is 16.9 Å². The molecule has 0 spiro atoms. The molecule has 0 unspecified atom stereocenters.